The molecule has 1 aromatic rings. The molecule has 1 amide bonds. The minimum atomic E-state index is -0.704. The average molecular weight is 237 g/mol. The van der Waals surface area contributed by atoms with Gasteiger partial charge in [-0.05, 0) is 0 Å². The molecule has 0 radical (unpaired) electrons. The maximum Gasteiger partial charge on any atom is 0.297 e. The number of benzene rings is 1. The lowest BCUT2D eigenvalue weighted by atomic mass is 10.1. The van der Waals surface area contributed by atoms with Gasteiger partial charge in [0.25, 0.3) is 11.7 Å². The summed E-state index contributed by atoms with van der Waals surface area (Å²) in [6.45, 7) is 0. The second-order valence-electron chi connectivity index (χ2n) is 3.35. The molecule has 2 rings (SSSR count). The number of ketones is 1. The molecule has 0 fully saturated rings. The number of carbonyl (C=O) groups is 2. The summed E-state index contributed by atoms with van der Waals surface area (Å²) in [5.41, 5.74) is 0.467. The molecule has 1 aliphatic heterocycles. The van der Waals surface area contributed by atoms with E-state index in [9.17, 15) is 9.59 Å². The molecular formula is C11H11NO5. The standard InChI is InChI=1S/C11H11NO5/c1-15-5-4-6(16-2)10(17-3)8-7(5)9(13)11(14)12-8/h4H,1-3H3,(H,12,13,14). The van der Waals surface area contributed by atoms with Gasteiger partial charge in [0, 0.05) is 6.07 Å². The van der Waals surface area contributed by atoms with E-state index in [1.165, 1.54) is 27.4 Å². The van der Waals surface area contributed by atoms with Crippen molar-refractivity contribution in [2.75, 3.05) is 26.6 Å². The predicted octanol–water partition coefficient (Wildman–Crippen LogP) is 0.847. The van der Waals surface area contributed by atoms with Gasteiger partial charge in [-0.1, -0.05) is 0 Å². The molecular weight excluding hydrogens is 226 g/mol. The minimum absolute atomic E-state index is 0.176. The highest BCUT2D eigenvalue weighted by Crippen LogP contribution is 2.45. The second-order valence-corrected chi connectivity index (χ2v) is 3.35. The quantitative estimate of drug-likeness (QED) is 0.789. The number of rotatable bonds is 3. The molecule has 0 unspecified atom stereocenters. The van der Waals surface area contributed by atoms with Gasteiger partial charge in [-0.15, -0.1) is 0 Å². The summed E-state index contributed by atoms with van der Waals surface area (Å²) < 4.78 is 15.3. The maximum absolute atomic E-state index is 11.7. The molecule has 6 nitrogen and oxygen atoms in total. The zero-order valence-electron chi connectivity index (χ0n) is 9.62. The molecule has 17 heavy (non-hydrogen) atoms. The Bertz CT molecular complexity index is 509. The van der Waals surface area contributed by atoms with E-state index < -0.39 is 11.7 Å². The Labute approximate surface area is 97.5 Å². The van der Waals surface area contributed by atoms with Crippen LogP contribution in [0.5, 0.6) is 17.2 Å². The number of hydrogen-bond donors (Lipinski definition) is 1. The molecule has 0 bridgehead atoms. The predicted molar refractivity (Wildman–Crippen MR) is 59.1 cm³/mol. The van der Waals surface area contributed by atoms with Gasteiger partial charge in [-0.3, -0.25) is 9.59 Å². The smallest absolute Gasteiger partial charge is 0.297 e. The number of carbonyl (C=O) groups excluding carboxylic acids is 2. The SMILES string of the molecule is COc1cc(OC)c2c(c1OC)NC(=O)C2=O. The van der Waals surface area contributed by atoms with Crippen LogP contribution in [0.15, 0.2) is 6.07 Å². The van der Waals surface area contributed by atoms with Crippen molar-refractivity contribution in [2.24, 2.45) is 0 Å². The molecule has 1 aromatic carbocycles. The normalized spacial score (nSPS) is 13.1. The molecule has 0 atom stereocenters. The van der Waals surface area contributed by atoms with Crippen molar-refractivity contribution in [1.82, 2.24) is 0 Å². The summed E-state index contributed by atoms with van der Waals surface area (Å²) >= 11 is 0. The van der Waals surface area contributed by atoms with Crippen LogP contribution in [0.3, 0.4) is 0 Å². The van der Waals surface area contributed by atoms with Crippen LogP contribution in [0.25, 0.3) is 0 Å². The van der Waals surface area contributed by atoms with Crippen LogP contribution < -0.4 is 19.5 Å². The molecule has 1 aliphatic rings. The van der Waals surface area contributed by atoms with Crippen LogP contribution in [0.4, 0.5) is 5.69 Å². The fraction of sp³-hybridized carbons (Fsp3) is 0.273. The van der Waals surface area contributed by atoms with E-state index in [4.69, 9.17) is 14.2 Å². The van der Waals surface area contributed by atoms with Crippen LogP contribution in [-0.2, 0) is 4.79 Å². The summed E-state index contributed by atoms with van der Waals surface area (Å²) in [5.74, 6) is -0.371. The van der Waals surface area contributed by atoms with Gasteiger partial charge in [-0.25, -0.2) is 0 Å². The van der Waals surface area contributed by atoms with E-state index >= 15 is 0 Å². The highest BCUT2D eigenvalue weighted by Gasteiger charge is 2.36. The molecule has 1 heterocycles. The largest absolute Gasteiger partial charge is 0.496 e. The van der Waals surface area contributed by atoms with Crippen molar-refractivity contribution >= 4 is 17.4 Å². The van der Waals surface area contributed by atoms with Gasteiger partial charge in [0.05, 0.1) is 26.9 Å². The van der Waals surface area contributed by atoms with E-state index in [2.05, 4.69) is 5.32 Å². The Morgan fingerprint density at radius 2 is 1.65 bits per heavy atom. The lowest BCUT2D eigenvalue weighted by molar-refractivity contribution is -0.112. The molecule has 0 saturated heterocycles. The summed E-state index contributed by atoms with van der Waals surface area (Å²) in [7, 11) is 4.31. The number of methoxy groups -OCH3 is 3. The highest BCUT2D eigenvalue weighted by molar-refractivity contribution is 6.52. The average Bonchev–Trinajstić information content (AvgIpc) is 2.64. The first kappa shape index (κ1) is 11.3. The molecule has 90 valence electrons. The first-order valence-electron chi connectivity index (χ1n) is 4.82. The van der Waals surface area contributed by atoms with Crippen molar-refractivity contribution in [1.29, 1.82) is 0 Å². The van der Waals surface area contributed by atoms with Gasteiger partial charge >= 0.3 is 0 Å². The van der Waals surface area contributed by atoms with E-state index in [0.29, 0.717) is 17.2 Å². The van der Waals surface area contributed by atoms with Crippen molar-refractivity contribution in [2.45, 2.75) is 0 Å². The van der Waals surface area contributed by atoms with Gasteiger partial charge in [0.1, 0.15) is 11.4 Å². The van der Waals surface area contributed by atoms with Crippen LogP contribution in [0.1, 0.15) is 10.4 Å². The Hall–Kier alpha value is -2.24. The Kier molecular flexibility index (Phi) is 2.63. The molecule has 6 heteroatoms. The van der Waals surface area contributed by atoms with Gasteiger partial charge in [0.2, 0.25) is 0 Å². The fourth-order valence-electron chi connectivity index (χ4n) is 1.76. The van der Waals surface area contributed by atoms with E-state index in [0.717, 1.165) is 0 Å². The topological polar surface area (TPSA) is 73.9 Å². The Balaban J connectivity index is 2.74. The first-order valence-corrected chi connectivity index (χ1v) is 4.82. The van der Waals surface area contributed by atoms with Crippen molar-refractivity contribution in [3.8, 4) is 17.2 Å². The number of amides is 1. The Morgan fingerprint density at radius 1 is 1.00 bits per heavy atom. The summed E-state index contributed by atoms with van der Waals surface area (Å²) in [6, 6.07) is 1.51. The first-order chi connectivity index (χ1) is 8.13. The van der Waals surface area contributed by atoms with E-state index in [1.54, 1.807) is 0 Å². The molecule has 1 N–H and O–H groups in total. The Morgan fingerprint density at radius 3 is 2.18 bits per heavy atom. The van der Waals surface area contributed by atoms with Crippen molar-refractivity contribution < 1.29 is 23.8 Å². The molecule has 0 spiro atoms. The van der Waals surface area contributed by atoms with Crippen LogP contribution in [0, 0.1) is 0 Å². The molecule has 0 aliphatic carbocycles. The monoisotopic (exact) mass is 237 g/mol. The summed E-state index contributed by atoms with van der Waals surface area (Å²) in [4.78, 5) is 23.0. The number of fused-ring (bicyclic) bond motifs is 1. The van der Waals surface area contributed by atoms with Crippen LogP contribution in [0.2, 0.25) is 0 Å². The van der Waals surface area contributed by atoms with Crippen molar-refractivity contribution in [3.05, 3.63) is 11.6 Å². The zero-order valence-corrected chi connectivity index (χ0v) is 9.62. The van der Waals surface area contributed by atoms with E-state index in [1.807, 2.05) is 0 Å². The fourth-order valence-corrected chi connectivity index (χ4v) is 1.76. The minimum Gasteiger partial charge on any atom is -0.496 e. The van der Waals surface area contributed by atoms with Gasteiger partial charge in [0.15, 0.2) is 11.5 Å². The number of Topliss-reactive ketones (excluding diaryl/α,β-unsaturated/α-hetero) is 1. The number of nitrogens with one attached hydrogen (secondary N) is 1. The lowest BCUT2D eigenvalue weighted by Gasteiger charge is -2.13. The number of anilines is 1. The summed E-state index contributed by atoms with van der Waals surface area (Å²) in [5, 5.41) is 2.44. The zero-order chi connectivity index (χ0) is 12.6. The maximum atomic E-state index is 11.7. The van der Waals surface area contributed by atoms with Crippen LogP contribution in [-0.4, -0.2) is 33.0 Å². The second kappa shape index (κ2) is 3.97. The van der Waals surface area contributed by atoms with Crippen LogP contribution >= 0.6 is 0 Å². The molecule has 0 aromatic heterocycles. The summed E-state index contributed by atoms with van der Waals surface area (Å²) in [6.07, 6.45) is 0. The van der Waals surface area contributed by atoms with Gasteiger partial charge in [-0.2, -0.15) is 0 Å². The van der Waals surface area contributed by atoms with E-state index in [-0.39, 0.29) is 11.3 Å². The third-order valence-corrected chi connectivity index (χ3v) is 2.53. The number of hydrogen-bond acceptors (Lipinski definition) is 5. The third-order valence-electron chi connectivity index (χ3n) is 2.53. The number of ether oxygens (including phenoxy) is 3. The lowest BCUT2D eigenvalue weighted by Crippen LogP contribution is -2.12. The molecule has 0 saturated carbocycles. The third kappa shape index (κ3) is 1.49. The highest BCUT2D eigenvalue weighted by atomic mass is 16.5. The van der Waals surface area contributed by atoms with Crippen molar-refractivity contribution in [3.63, 3.8) is 0 Å². The van der Waals surface area contributed by atoms with Gasteiger partial charge < -0.3 is 19.5 Å².